The summed E-state index contributed by atoms with van der Waals surface area (Å²) in [5, 5.41) is 8.27. The van der Waals surface area contributed by atoms with Crippen LogP contribution in [0.5, 0.6) is 0 Å². The molecule has 0 heterocycles. The zero-order chi connectivity index (χ0) is 18.9. The fourth-order valence-electron chi connectivity index (χ4n) is 2.38. The van der Waals surface area contributed by atoms with Crippen LogP contribution in [0.1, 0.15) is 35.3 Å². The molecule has 2 aromatic rings. The van der Waals surface area contributed by atoms with Crippen molar-refractivity contribution < 1.29 is 14.0 Å². The number of benzene rings is 2. The van der Waals surface area contributed by atoms with Crippen molar-refractivity contribution in [1.29, 1.82) is 0 Å². The predicted molar refractivity (Wildman–Crippen MR) is 99.4 cm³/mol. The summed E-state index contributed by atoms with van der Waals surface area (Å²) in [6.45, 7) is 4.52. The number of urea groups is 1. The highest BCUT2D eigenvalue weighted by atomic mass is 19.1. The third-order valence-electron chi connectivity index (χ3n) is 3.73. The quantitative estimate of drug-likeness (QED) is 0.713. The zero-order valence-corrected chi connectivity index (χ0v) is 15.0. The minimum Gasteiger partial charge on any atom is -0.352 e. The summed E-state index contributed by atoms with van der Waals surface area (Å²) in [6.07, 6.45) is 0.436. The third-order valence-corrected chi connectivity index (χ3v) is 3.73. The van der Waals surface area contributed by atoms with Gasteiger partial charge in [0, 0.05) is 24.7 Å². The van der Waals surface area contributed by atoms with E-state index in [0.717, 1.165) is 5.56 Å². The summed E-state index contributed by atoms with van der Waals surface area (Å²) < 4.78 is 13.5. The van der Waals surface area contributed by atoms with E-state index >= 15 is 0 Å². The van der Waals surface area contributed by atoms with E-state index in [1.807, 2.05) is 13.8 Å². The molecule has 0 saturated heterocycles. The van der Waals surface area contributed by atoms with Gasteiger partial charge in [-0.3, -0.25) is 4.79 Å². The normalized spacial score (nSPS) is 10.5. The Morgan fingerprint density at radius 1 is 1.00 bits per heavy atom. The molecule has 5 nitrogen and oxygen atoms in total. The summed E-state index contributed by atoms with van der Waals surface area (Å²) >= 11 is 0. The van der Waals surface area contributed by atoms with Crippen molar-refractivity contribution in [1.82, 2.24) is 16.0 Å². The first-order valence-corrected chi connectivity index (χ1v) is 8.60. The predicted octanol–water partition coefficient (Wildman–Crippen LogP) is 3.01. The maximum Gasteiger partial charge on any atom is 0.315 e. The molecule has 138 valence electrons. The topological polar surface area (TPSA) is 70.2 Å². The molecule has 6 heteroatoms. The summed E-state index contributed by atoms with van der Waals surface area (Å²) in [7, 11) is 0. The van der Waals surface area contributed by atoms with Crippen LogP contribution in [-0.4, -0.2) is 24.5 Å². The van der Waals surface area contributed by atoms with Gasteiger partial charge < -0.3 is 16.0 Å². The molecule has 26 heavy (non-hydrogen) atoms. The van der Waals surface area contributed by atoms with Gasteiger partial charge in [-0.2, -0.15) is 0 Å². The highest BCUT2D eigenvalue weighted by Crippen LogP contribution is 2.07. The van der Waals surface area contributed by atoms with E-state index < -0.39 is 0 Å². The number of carbonyl (C=O) groups is 2. The van der Waals surface area contributed by atoms with Gasteiger partial charge >= 0.3 is 6.03 Å². The largest absolute Gasteiger partial charge is 0.352 e. The first-order valence-electron chi connectivity index (χ1n) is 8.60. The number of amides is 3. The van der Waals surface area contributed by atoms with Crippen LogP contribution in [0, 0.1) is 5.82 Å². The lowest BCUT2D eigenvalue weighted by atomic mass is 10.1. The number of carbonyl (C=O) groups excluding carboxylic acids is 2. The second-order valence-electron chi connectivity index (χ2n) is 6.28. The van der Waals surface area contributed by atoms with Gasteiger partial charge in [-0.05, 0) is 49.6 Å². The molecule has 2 rings (SSSR count). The van der Waals surface area contributed by atoms with Gasteiger partial charge in [-0.15, -0.1) is 0 Å². The van der Waals surface area contributed by atoms with Gasteiger partial charge in [-0.1, -0.05) is 30.3 Å². The smallest absolute Gasteiger partial charge is 0.315 e. The number of hydrogen-bond donors (Lipinski definition) is 3. The van der Waals surface area contributed by atoms with Gasteiger partial charge in [-0.25, -0.2) is 9.18 Å². The summed E-state index contributed by atoms with van der Waals surface area (Å²) in [4.78, 5) is 23.7. The zero-order valence-electron chi connectivity index (χ0n) is 15.0. The number of hydrogen-bond acceptors (Lipinski definition) is 2. The van der Waals surface area contributed by atoms with Crippen molar-refractivity contribution in [2.24, 2.45) is 0 Å². The Labute approximate surface area is 153 Å². The lowest BCUT2D eigenvalue weighted by Gasteiger charge is -2.10. The van der Waals surface area contributed by atoms with Gasteiger partial charge in [0.2, 0.25) is 0 Å². The van der Waals surface area contributed by atoms with Gasteiger partial charge in [0.05, 0.1) is 0 Å². The Morgan fingerprint density at radius 2 is 1.69 bits per heavy atom. The third kappa shape index (κ3) is 6.20. The van der Waals surface area contributed by atoms with Crippen molar-refractivity contribution in [2.75, 3.05) is 6.54 Å². The van der Waals surface area contributed by atoms with Crippen LogP contribution in [0.2, 0.25) is 0 Å². The van der Waals surface area contributed by atoms with Crippen LogP contribution in [0.15, 0.2) is 48.5 Å². The van der Waals surface area contributed by atoms with Gasteiger partial charge in [0.15, 0.2) is 0 Å². The monoisotopic (exact) mass is 357 g/mol. The maximum absolute atomic E-state index is 13.5. The molecule has 0 aliphatic rings. The van der Waals surface area contributed by atoms with Crippen LogP contribution >= 0.6 is 0 Å². The minimum absolute atomic E-state index is 0.0745. The van der Waals surface area contributed by atoms with Crippen LogP contribution in [0.25, 0.3) is 0 Å². The van der Waals surface area contributed by atoms with Gasteiger partial charge in [0.1, 0.15) is 5.82 Å². The van der Waals surface area contributed by atoms with Crippen LogP contribution in [0.3, 0.4) is 0 Å². The Balaban J connectivity index is 1.79. The molecule has 0 aromatic heterocycles. The number of halogens is 1. The fraction of sp³-hybridized carbons (Fsp3) is 0.300. The second kappa shape index (κ2) is 9.56. The summed E-state index contributed by atoms with van der Waals surface area (Å²) in [6, 6.07) is 13.4. The van der Waals surface area contributed by atoms with E-state index in [4.69, 9.17) is 0 Å². The fourth-order valence-corrected chi connectivity index (χ4v) is 2.38. The van der Waals surface area contributed by atoms with E-state index in [1.54, 1.807) is 42.5 Å². The standard InChI is InChI=1S/C20H24FN3O2/c1-14(2)24-20(26)23-13-15-7-9-17(10-8-15)19(25)22-12-11-16-5-3-4-6-18(16)21/h3-10,14H,11-13H2,1-2H3,(H,22,25)(H2,23,24,26). The van der Waals surface area contributed by atoms with Crippen LogP contribution in [-0.2, 0) is 13.0 Å². The molecule has 0 radical (unpaired) electrons. The van der Waals surface area contributed by atoms with E-state index in [2.05, 4.69) is 16.0 Å². The van der Waals surface area contributed by atoms with Crippen molar-refractivity contribution in [3.8, 4) is 0 Å². The molecule has 0 aliphatic carbocycles. The first kappa shape index (κ1) is 19.4. The van der Waals surface area contributed by atoms with E-state index in [9.17, 15) is 14.0 Å². The van der Waals surface area contributed by atoms with Crippen LogP contribution in [0.4, 0.5) is 9.18 Å². The average molecular weight is 357 g/mol. The molecular formula is C20H24FN3O2. The van der Waals surface area contributed by atoms with Crippen molar-refractivity contribution in [3.05, 3.63) is 71.0 Å². The summed E-state index contributed by atoms with van der Waals surface area (Å²) in [5.41, 5.74) is 2.00. The van der Waals surface area contributed by atoms with E-state index in [-0.39, 0.29) is 23.8 Å². The van der Waals surface area contributed by atoms with E-state index in [1.165, 1.54) is 6.07 Å². The van der Waals surface area contributed by atoms with Crippen molar-refractivity contribution in [3.63, 3.8) is 0 Å². The van der Waals surface area contributed by atoms with Crippen molar-refractivity contribution >= 4 is 11.9 Å². The SMILES string of the molecule is CC(C)NC(=O)NCc1ccc(C(=O)NCCc2ccccc2F)cc1. The lowest BCUT2D eigenvalue weighted by Crippen LogP contribution is -2.39. The van der Waals surface area contributed by atoms with Crippen molar-refractivity contribution in [2.45, 2.75) is 32.9 Å². The van der Waals surface area contributed by atoms with E-state index in [0.29, 0.717) is 30.6 Å². The minimum atomic E-state index is -0.264. The van der Waals surface area contributed by atoms with Crippen LogP contribution < -0.4 is 16.0 Å². The Kier molecular flexibility index (Phi) is 7.14. The molecule has 2 aromatic carbocycles. The molecule has 0 fully saturated rings. The molecule has 0 atom stereocenters. The molecule has 0 bridgehead atoms. The molecule has 0 unspecified atom stereocenters. The summed E-state index contributed by atoms with van der Waals surface area (Å²) in [5.74, 6) is -0.474. The maximum atomic E-state index is 13.5. The number of rotatable bonds is 7. The molecule has 0 saturated carbocycles. The van der Waals surface area contributed by atoms with Gasteiger partial charge in [0.25, 0.3) is 5.91 Å². The highest BCUT2D eigenvalue weighted by molar-refractivity contribution is 5.94. The second-order valence-corrected chi connectivity index (χ2v) is 6.28. The molecular weight excluding hydrogens is 333 g/mol. The first-order chi connectivity index (χ1) is 12.5. The molecule has 0 spiro atoms. The Bertz CT molecular complexity index is 745. The molecule has 3 amide bonds. The lowest BCUT2D eigenvalue weighted by molar-refractivity contribution is 0.0954. The Hall–Kier alpha value is -2.89. The number of nitrogens with one attached hydrogen (secondary N) is 3. The molecule has 0 aliphatic heterocycles. The highest BCUT2D eigenvalue weighted by Gasteiger charge is 2.07. The average Bonchev–Trinajstić information content (AvgIpc) is 2.61. The Morgan fingerprint density at radius 3 is 2.35 bits per heavy atom. The molecule has 3 N–H and O–H groups in total.